The van der Waals surface area contributed by atoms with Crippen molar-refractivity contribution >= 4 is 11.6 Å². The molecule has 0 radical (unpaired) electrons. The lowest BCUT2D eigenvalue weighted by atomic mass is 9.84. The zero-order valence-electron chi connectivity index (χ0n) is 10.3. The van der Waals surface area contributed by atoms with Gasteiger partial charge in [0.1, 0.15) is 5.82 Å². The van der Waals surface area contributed by atoms with Gasteiger partial charge in [-0.15, -0.1) is 0 Å². The van der Waals surface area contributed by atoms with Crippen LogP contribution in [0.15, 0.2) is 18.2 Å². The van der Waals surface area contributed by atoms with Crippen molar-refractivity contribution in [3.63, 3.8) is 0 Å². The normalized spacial score (nSPS) is 30.7. The molecule has 1 aromatic rings. The monoisotopic (exact) mass is 268 g/mol. The molecule has 1 unspecified atom stereocenters. The summed E-state index contributed by atoms with van der Waals surface area (Å²) in [4.78, 5) is 2.51. The van der Waals surface area contributed by atoms with E-state index < -0.39 is 0 Å². The van der Waals surface area contributed by atoms with E-state index in [0.717, 1.165) is 24.6 Å². The standard InChI is InChI=1S/C14H18ClFN2/c15-12-2-1-10(7-13(12)16)8-17-14-9-18-5-3-11(14)4-6-18/h1-2,7,11,14,17H,3-6,8-9H2. The molecule has 3 aliphatic heterocycles. The van der Waals surface area contributed by atoms with E-state index in [0.29, 0.717) is 6.04 Å². The Bertz CT molecular complexity index is 430. The van der Waals surface area contributed by atoms with E-state index in [9.17, 15) is 4.39 Å². The Labute approximate surface area is 112 Å². The fraction of sp³-hybridized carbons (Fsp3) is 0.571. The third kappa shape index (κ3) is 2.53. The van der Waals surface area contributed by atoms with E-state index in [-0.39, 0.29) is 10.8 Å². The van der Waals surface area contributed by atoms with E-state index in [2.05, 4.69) is 10.2 Å². The first kappa shape index (κ1) is 12.4. The molecule has 3 fully saturated rings. The van der Waals surface area contributed by atoms with Gasteiger partial charge in [0.15, 0.2) is 0 Å². The van der Waals surface area contributed by atoms with Crippen molar-refractivity contribution in [3.8, 4) is 0 Å². The van der Waals surface area contributed by atoms with Crippen molar-refractivity contribution in [1.82, 2.24) is 10.2 Å². The summed E-state index contributed by atoms with van der Waals surface area (Å²) in [5.41, 5.74) is 0.966. The number of hydrogen-bond donors (Lipinski definition) is 1. The van der Waals surface area contributed by atoms with Crippen molar-refractivity contribution in [2.24, 2.45) is 5.92 Å². The maximum absolute atomic E-state index is 13.3. The first-order valence-corrected chi connectivity index (χ1v) is 7.00. The van der Waals surface area contributed by atoms with Crippen molar-refractivity contribution in [1.29, 1.82) is 0 Å². The zero-order chi connectivity index (χ0) is 12.5. The van der Waals surface area contributed by atoms with Crippen LogP contribution in [0.3, 0.4) is 0 Å². The second-order valence-electron chi connectivity index (χ2n) is 5.37. The lowest BCUT2D eigenvalue weighted by molar-refractivity contribution is 0.0720. The molecule has 0 aliphatic carbocycles. The molecule has 0 spiro atoms. The van der Waals surface area contributed by atoms with Crippen LogP contribution in [0.1, 0.15) is 18.4 Å². The number of rotatable bonds is 3. The maximum atomic E-state index is 13.3. The molecule has 3 aliphatic rings. The molecule has 2 nitrogen and oxygen atoms in total. The molecule has 1 atom stereocenters. The van der Waals surface area contributed by atoms with E-state index in [1.807, 2.05) is 6.07 Å². The highest BCUT2D eigenvalue weighted by molar-refractivity contribution is 6.30. The second kappa shape index (κ2) is 5.16. The average molecular weight is 269 g/mol. The Morgan fingerprint density at radius 2 is 2.11 bits per heavy atom. The van der Waals surface area contributed by atoms with Crippen LogP contribution in [0.4, 0.5) is 4.39 Å². The molecule has 3 saturated heterocycles. The van der Waals surface area contributed by atoms with Crippen LogP contribution >= 0.6 is 11.6 Å². The molecule has 2 bridgehead atoms. The minimum absolute atomic E-state index is 0.196. The van der Waals surface area contributed by atoms with Crippen LogP contribution in [0.5, 0.6) is 0 Å². The highest BCUT2D eigenvalue weighted by Crippen LogP contribution is 2.27. The van der Waals surface area contributed by atoms with Gasteiger partial charge in [-0.3, -0.25) is 0 Å². The van der Waals surface area contributed by atoms with Gasteiger partial charge in [0.2, 0.25) is 0 Å². The summed E-state index contributed by atoms with van der Waals surface area (Å²) in [6.45, 7) is 4.36. The predicted molar refractivity (Wildman–Crippen MR) is 71.2 cm³/mol. The molecule has 0 amide bonds. The molecule has 4 rings (SSSR count). The summed E-state index contributed by atoms with van der Waals surface area (Å²) in [7, 11) is 0. The van der Waals surface area contributed by atoms with Gasteiger partial charge in [0.05, 0.1) is 5.02 Å². The van der Waals surface area contributed by atoms with Crippen LogP contribution in [0.2, 0.25) is 5.02 Å². The van der Waals surface area contributed by atoms with Gasteiger partial charge in [-0.2, -0.15) is 0 Å². The molecule has 1 aromatic carbocycles. The van der Waals surface area contributed by atoms with E-state index in [4.69, 9.17) is 11.6 Å². The molecule has 98 valence electrons. The van der Waals surface area contributed by atoms with E-state index in [1.165, 1.54) is 32.0 Å². The predicted octanol–water partition coefficient (Wildman–Crippen LogP) is 2.66. The highest BCUT2D eigenvalue weighted by atomic mass is 35.5. The number of hydrogen-bond acceptors (Lipinski definition) is 2. The molecular weight excluding hydrogens is 251 g/mol. The van der Waals surface area contributed by atoms with E-state index in [1.54, 1.807) is 6.07 Å². The summed E-state index contributed by atoms with van der Waals surface area (Å²) >= 11 is 5.68. The lowest BCUT2D eigenvalue weighted by Gasteiger charge is -2.45. The van der Waals surface area contributed by atoms with Crippen LogP contribution in [-0.4, -0.2) is 30.6 Å². The summed E-state index contributed by atoms with van der Waals surface area (Å²) in [6.07, 6.45) is 2.60. The highest BCUT2D eigenvalue weighted by Gasteiger charge is 2.33. The van der Waals surface area contributed by atoms with Gasteiger partial charge in [0.25, 0.3) is 0 Å². The zero-order valence-corrected chi connectivity index (χ0v) is 11.1. The van der Waals surface area contributed by atoms with Crippen molar-refractivity contribution in [3.05, 3.63) is 34.6 Å². The minimum atomic E-state index is -0.329. The summed E-state index contributed by atoms with van der Waals surface area (Å²) < 4.78 is 13.3. The van der Waals surface area contributed by atoms with Crippen LogP contribution in [0.25, 0.3) is 0 Å². The van der Waals surface area contributed by atoms with Crippen molar-refractivity contribution < 1.29 is 4.39 Å². The van der Waals surface area contributed by atoms with Gasteiger partial charge in [-0.05, 0) is 49.5 Å². The SMILES string of the molecule is Fc1cc(CNC2CN3CCC2CC3)ccc1Cl. The molecule has 0 saturated carbocycles. The Morgan fingerprint density at radius 3 is 2.72 bits per heavy atom. The Balaban J connectivity index is 1.59. The van der Waals surface area contributed by atoms with Gasteiger partial charge < -0.3 is 10.2 Å². The van der Waals surface area contributed by atoms with Gasteiger partial charge >= 0.3 is 0 Å². The maximum Gasteiger partial charge on any atom is 0.142 e. The molecular formula is C14H18ClFN2. The summed E-state index contributed by atoms with van der Waals surface area (Å²) in [5, 5.41) is 3.76. The van der Waals surface area contributed by atoms with E-state index >= 15 is 0 Å². The minimum Gasteiger partial charge on any atom is -0.308 e. The topological polar surface area (TPSA) is 15.3 Å². The first-order valence-electron chi connectivity index (χ1n) is 6.62. The Morgan fingerprint density at radius 1 is 1.33 bits per heavy atom. The van der Waals surface area contributed by atoms with Crippen LogP contribution in [-0.2, 0) is 6.54 Å². The van der Waals surface area contributed by atoms with Crippen molar-refractivity contribution in [2.75, 3.05) is 19.6 Å². The van der Waals surface area contributed by atoms with Gasteiger partial charge in [0, 0.05) is 19.1 Å². The lowest BCUT2D eigenvalue weighted by Crippen LogP contribution is -2.55. The van der Waals surface area contributed by atoms with Crippen molar-refractivity contribution in [2.45, 2.75) is 25.4 Å². The largest absolute Gasteiger partial charge is 0.308 e. The average Bonchev–Trinajstić information content (AvgIpc) is 2.41. The third-order valence-corrected chi connectivity index (χ3v) is 4.52. The number of fused-ring (bicyclic) bond motifs is 3. The number of benzene rings is 1. The number of nitrogens with zero attached hydrogens (tertiary/aromatic N) is 1. The van der Waals surface area contributed by atoms with Gasteiger partial charge in [-0.1, -0.05) is 17.7 Å². The molecule has 1 N–H and O–H groups in total. The fourth-order valence-electron chi connectivity index (χ4n) is 3.09. The Hall–Kier alpha value is -0.640. The summed E-state index contributed by atoms with van der Waals surface area (Å²) in [5.74, 6) is 0.469. The molecule has 4 heteroatoms. The summed E-state index contributed by atoms with van der Waals surface area (Å²) in [6, 6.07) is 5.60. The fourth-order valence-corrected chi connectivity index (χ4v) is 3.21. The number of halogens is 2. The molecule has 18 heavy (non-hydrogen) atoms. The molecule has 3 heterocycles. The first-order chi connectivity index (χ1) is 8.72. The Kier molecular flexibility index (Phi) is 3.55. The van der Waals surface area contributed by atoms with Crippen LogP contribution in [0, 0.1) is 11.7 Å². The van der Waals surface area contributed by atoms with Gasteiger partial charge in [-0.25, -0.2) is 4.39 Å². The number of piperidine rings is 3. The molecule has 0 aromatic heterocycles. The number of nitrogens with one attached hydrogen (secondary N) is 1. The quantitative estimate of drug-likeness (QED) is 0.907. The third-order valence-electron chi connectivity index (χ3n) is 4.21. The second-order valence-corrected chi connectivity index (χ2v) is 5.78. The smallest absolute Gasteiger partial charge is 0.142 e. The van der Waals surface area contributed by atoms with Crippen LogP contribution < -0.4 is 5.32 Å².